The molecular weight excluding hydrogens is 396 g/mol. The van der Waals surface area contributed by atoms with Crippen LogP contribution in [0.15, 0.2) is 65.6 Å². The fourth-order valence-electron chi connectivity index (χ4n) is 3.65. The number of nitrogens with one attached hydrogen (secondary N) is 1. The van der Waals surface area contributed by atoms with Gasteiger partial charge in [0.15, 0.2) is 0 Å². The van der Waals surface area contributed by atoms with Gasteiger partial charge in [-0.1, -0.05) is 61.0 Å². The number of benzene rings is 3. The fraction of sp³-hybridized carbons (Fsp3) is 0.292. The lowest BCUT2D eigenvalue weighted by atomic mass is 9.97. The summed E-state index contributed by atoms with van der Waals surface area (Å²) in [5, 5.41) is 4.80. The van der Waals surface area contributed by atoms with Crippen LogP contribution >= 0.6 is 0 Å². The highest BCUT2D eigenvalue weighted by molar-refractivity contribution is 7.89. The lowest BCUT2D eigenvalue weighted by molar-refractivity contribution is -0.121. The number of rotatable bonds is 7. The number of sulfonamides is 1. The number of nitrogens with zero attached hydrogens (tertiary/aromatic N) is 1. The number of amides is 1. The van der Waals surface area contributed by atoms with Gasteiger partial charge in [0.2, 0.25) is 15.9 Å². The first-order valence-electron chi connectivity index (χ1n) is 10.0. The van der Waals surface area contributed by atoms with Crippen molar-refractivity contribution in [1.82, 2.24) is 9.62 Å². The summed E-state index contributed by atoms with van der Waals surface area (Å²) < 4.78 is 27.0. The summed E-state index contributed by atoms with van der Waals surface area (Å²) in [4.78, 5) is 12.8. The number of fused-ring (bicyclic) bond motifs is 1. The van der Waals surface area contributed by atoms with Crippen LogP contribution in [0.1, 0.15) is 36.1 Å². The summed E-state index contributed by atoms with van der Waals surface area (Å²) in [5.41, 5.74) is 3.33. The van der Waals surface area contributed by atoms with Crippen LogP contribution in [0.25, 0.3) is 10.8 Å². The van der Waals surface area contributed by atoms with Gasteiger partial charge in [0.25, 0.3) is 0 Å². The van der Waals surface area contributed by atoms with E-state index in [9.17, 15) is 13.2 Å². The molecule has 6 heteroatoms. The number of carbonyl (C=O) groups is 1. The molecule has 0 aliphatic carbocycles. The lowest BCUT2D eigenvalue weighted by Crippen LogP contribution is -2.39. The summed E-state index contributed by atoms with van der Waals surface area (Å²) >= 11 is 0. The van der Waals surface area contributed by atoms with Crippen molar-refractivity contribution in [1.29, 1.82) is 0 Å². The number of aryl methyl sites for hydroxylation is 2. The molecular formula is C24H28N2O3S. The molecule has 3 aromatic rings. The third-order valence-electron chi connectivity index (χ3n) is 5.34. The van der Waals surface area contributed by atoms with Gasteiger partial charge in [-0.15, -0.1) is 0 Å². The van der Waals surface area contributed by atoms with Crippen molar-refractivity contribution < 1.29 is 13.2 Å². The van der Waals surface area contributed by atoms with Gasteiger partial charge in [-0.2, -0.15) is 4.31 Å². The molecule has 5 nitrogen and oxygen atoms in total. The van der Waals surface area contributed by atoms with Crippen LogP contribution in [0.5, 0.6) is 0 Å². The Morgan fingerprint density at radius 1 is 1.00 bits per heavy atom. The first kappa shape index (κ1) is 22.0. The topological polar surface area (TPSA) is 66.5 Å². The van der Waals surface area contributed by atoms with Crippen LogP contribution in [0.2, 0.25) is 0 Å². The monoisotopic (exact) mass is 424 g/mol. The van der Waals surface area contributed by atoms with E-state index in [0.717, 1.165) is 32.6 Å². The Hall–Kier alpha value is -2.70. The Morgan fingerprint density at radius 3 is 2.37 bits per heavy atom. The summed E-state index contributed by atoms with van der Waals surface area (Å²) in [6.45, 7) is 5.81. The molecule has 1 unspecified atom stereocenters. The van der Waals surface area contributed by atoms with E-state index in [1.54, 1.807) is 18.2 Å². The third kappa shape index (κ3) is 4.71. The molecule has 0 bridgehead atoms. The largest absolute Gasteiger partial charge is 0.348 e. The van der Waals surface area contributed by atoms with Gasteiger partial charge >= 0.3 is 0 Å². The molecule has 0 fully saturated rings. The molecule has 0 spiro atoms. The van der Waals surface area contributed by atoms with Crippen LogP contribution in [-0.2, 0) is 14.8 Å². The summed E-state index contributed by atoms with van der Waals surface area (Å²) in [7, 11) is -2.34. The fourth-order valence-corrected chi connectivity index (χ4v) is 4.81. The smallest absolute Gasteiger partial charge is 0.243 e. The molecule has 0 aromatic heterocycles. The molecule has 0 radical (unpaired) electrons. The number of carbonyl (C=O) groups excluding carboxylic acids is 1. The molecule has 0 heterocycles. The second-order valence-corrected chi connectivity index (χ2v) is 9.70. The van der Waals surface area contributed by atoms with Gasteiger partial charge in [-0.05, 0) is 54.3 Å². The summed E-state index contributed by atoms with van der Waals surface area (Å²) in [5.74, 6) is -0.325. The maximum Gasteiger partial charge on any atom is 0.243 e. The van der Waals surface area contributed by atoms with Crippen LogP contribution in [0.4, 0.5) is 0 Å². The summed E-state index contributed by atoms with van der Waals surface area (Å²) in [6.07, 6.45) is 0.719. The Bertz CT molecular complexity index is 1170. The lowest BCUT2D eigenvalue weighted by Gasteiger charge is -2.22. The normalized spacial score (nSPS) is 12.8. The molecule has 0 saturated heterocycles. The van der Waals surface area contributed by atoms with Crippen molar-refractivity contribution >= 4 is 26.7 Å². The first-order valence-corrected chi connectivity index (χ1v) is 11.5. The van der Waals surface area contributed by atoms with E-state index < -0.39 is 10.0 Å². The first-order chi connectivity index (χ1) is 14.2. The molecule has 0 saturated carbocycles. The molecule has 0 aliphatic rings. The number of likely N-dealkylation sites (N-methyl/N-ethyl adjacent to an activating group) is 1. The van der Waals surface area contributed by atoms with Crippen LogP contribution in [0, 0.1) is 13.8 Å². The Labute approximate surface area is 178 Å². The van der Waals surface area contributed by atoms with Gasteiger partial charge in [0.1, 0.15) is 0 Å². The molecule has 158 valence electrons. The predicted molar refractivity (Wildman–Crippen MR) is 121 cm³/mol. The van der Waals surface area contributed by atoms with E-state index in [4.69, 9.17) is 0 Å². The van der Waals surface area contributed by atoms with Crippen LogP contribution < -0.4 is 5.32 Å². The highest BCUT2D eigenvalue weighted by atomic mass is 32.2. The number of hydrogen-bond acceptors (Lipinski definition) is 3. The minimum absolute atomic E-state index is 0.158. The Kier molecular flexibility index (Phi) is 6.58. The highest BCUT2D eigenvalue weighted by Crippen LogP contribution is 2.23. The SMILES string of the molecule is CCC(NC(=O)CN(C)S(=O)(=O)c1ccc2ccccc2c1)c1ccc(C)cc1C. The average molecular weight is 425 g/mol. The van der Waals surface area contributed by atoms with Crippen molar-refractivity contribution in [3.05, 3.63) is 77.4 Å². The maximum absolute atomic E-state index is 13.0. The van der Waals surface area contributed by atoms with E-state index in [-0.39, 0.29) is 23.4 Å². The van der Waals surface area contributed by atoms with Crippen molar-refractivity contribution in [2.45, 2.75) is 38.1 Å². The van der Waals surface area contributed by atoms with E-state index in [0.29, 0.717) is 0 Å². The van der Waals surface area contributed by atoms with E-state index in [1.807, 2.05) is 57.2 Å². The van der Waals surface area contributed by atoms with Crippen molar-refractivity contribution in [3.63, 3.8) is 0 Å². The summed E-state index contributed by atoms with van der Waals surface area (Å²) in [6, 6.07) is 18.6. The number of hydrogen-bond donors (Lipinski definition) is 1. The maximum atomic E-state index is 13.0. The quantitative estimate of drug-likeness (QED) is 0.613. The highest BCUT2D eigenvalue weighted by Gasteiger charge is 2.24. The standard InChI is InChI=1S/C24H28N2O3S/c1-5-23(22-13-10-17(2)14-18(22)3)25-24(27)16-26(4)30(28,29)21-12-11-19-8-6-7-9-20(19)15-21/h6-15,23H,5,16H2,1-4H3,(H,25,27). The van der Waals surface area contributed by atoms with Gasteiger partial charge in [-0.25, -0.2) is 8.42 Å². The van der Waals surface area contributed by atoms with E-state index in [2.05, 4.69) is 11.4 Å². The molecule has 30 heavy (non-hydrogen) atoms. The van der Waals surface area contributed by atoms with Gasteiger partial charge in [0.05, 0.1) is 17.5 Å². The zero-order valence-corrected chi connectivity index (χ0v) is 18.7. The van der Waals surface area contributed by atoms with Crippen molar-refractivity contribution in [2.75, 3.05) is 13.6 Å². The molecule has 3 rings (SSSR count). The third-order valence-corrected chi connectivity index (χ3v) is 7.14. The zero-order valence-electron chi connectivity index (χ0n) is 17.8. The minimum atomic E-state index is -3.77. The zero-order chi connectivity index (χ0) is 21.9. The molecule has 1 N–H and O–H groups in total. The van der Waals surface area contributed by atoms with Crippen LogP contribution in [-0.4, -0.2) is 32.2 Å². The van der Waals surface area contributed by atoms with E-state index in [1.165, 1.54) is 12.6 Å². The molecule has 0 aliphatic heterocycles. The van der Waals surface area contributed by atoms with Gasteiger partial charge < -0.3 is 5.32 Å². The molecule has 3 aromatic carbocycles. The average Bonchev–Trinajstić information content (AvgIpc) is 2.72. The minimum Gasteiger partial charge on any atom is -0.348 e. The molecule has 1 amide bonds. The van der Waals surface area contributed by atoms with Crippen molar-refractivity contribution in [3.8, 4) is 0 Å². The van der Waals surface area contributed by atoms with Gasteiger partial charge in [-0.3, -0.25) is 4.79 Å². The van der Waals surface area contributed by atoms with E-state index >= 15 is 0 Å². The molecule has 1 atom stereocenters. The Morgan fingerprint density at radius 2 is 1.70 bits per heavy atom. The van der Waals surface area contributed by atoms with Crippen LogP contribution in [0.3, 0.4) is 0 Å². The van der Waals surface area contributed by atoms with Gasteiger partial charge in [0, 0.05) is 7.05 Å². The van der Waals surface area contributed by atoms with Crippen molar-refractivity contribution in [2.24, 2.45) is 0 Å². The second kappa shape index (κ2) is 8.98. The Balaban J connectivity index is 1.74. The predicted octanol–water partition coefficient (Wildman–Crippen LogP) is 4.34. The second-order valence-electron chi connectivity index (χ2n) is 7.66.